The molecule has 0 unspecified atom stereocenters. The molecule has 0 saturated carbocycles. The van der Waals surface area contributed by atoms with Gasteiger partial charge < -0.3 is 19.6 Å². The Kier molecular flexibility index (Phi) is 6.71. The molecule has 3 rings (SSSR count). The van der Waals surface area contributed by atoms with Crippen molar-refractivity contribution in [1.29, 1.82) is 0 Å². The second-order valence-electron chi connectivity index (χ2n) is 7.34. The highest BCUT2D eigenvalue weighted by Crippen LogP contribution is 2.40. The Balaban J connectivity index is 1.99. The first-order valence-corrected chi connectivity index (χ1v) is 10.7. The lowest BCUT2D eigenvalue weighted by Crippen LogP contribution is -3.06. The van der Waals surface area contributed by atoms with Gasteiger partial charge in [-0.1, -0.05) is 13.0 Å². The van der Waals surface area contributed by atoms with Crippen LogP contribution in [0.1, 0.15) is 29.8 Å². The number of ether oxygens (including phenoxy) is 1. The Morgan fingerprint density at radius 3 is 2.52 bits per heavy atom. The number of carbonyl (C=O) groups is 2. The summed E-state index contributed by atoms with van der Waals surface area (Å²) >= 11 is 1.47. The fourth-order valence-corrected chi connectivity index (χ4v) is 4.13. The van der Waals surface area contributed by atoms with Crippen LogP contribution in [-0.2, 0) is 9.59 Å². The molecular formula is C22H27N2O4S+. The van der Waals surface area contributed by atoms with Crippen LogP contribution in [-0.4, -0.2) is 55.5 Å². The number of nitrogens with zero attached hydrogens (tertiary/aromatic N) is 1. The van der Waals surface area contributed by atoms with Crippen LogP contribution < -0.4 is 9.64 Å². The van der Waals surface area contributed by atoms with Crippen molar-refractivity contribution >= 4 is 28.8 Å². The zero-order chi connectivity index (χ0) is 21.0. The van der Waals surface area contributed by atoms with Crippen molar-refractivity contribution in [3.63, 3.8) is 0 Å². The van der Waals surface area contributed by atoms with Crippen LogP contribution in [0.3, 0.4) is 0 Å². The van der Waals surface area contributed by atoms with E-state index in [0.29, 0.717) is 31.0 Å². The quantitative estimate of drug-likeness (QED) is 0.394. The van der Waals surface area contributed by atoms with E-state index >= 15 is 0 Å². The number of hydrogen-bond acceptors (Lipinski definition) is 5. The largest absolute Gasteiger partial charge is 0.507 e. The molecule has 1 fully saturated rings. The number of quaternary nitrogens is 1. The number of ketones is 1. The number of amides is 1. The topological polar surface area (TPSA) is 71.3 Å². The summed E-state index contributed by atoms with van der Waals surface area (Å²) in [6, 6.07) is 10.2. The Morgan fingerprint density at radius 1 is 1.21 bits per heavy atom. The number of aliphatic hydroxyl groups is 1. The van der Waals surface area contributed by atoms with Crippen LogP contribution >= 0.6 is 11.3 Å². The highest BCUT2D eigenvalue weighted by Gasteiger charge is 2.46. The number of carbonyl (C=O) groups excluding carboxylic acids is 2. The number of benzene rings is 1. The number of likely N-dealkylation sites (N-methyl/N-ethyl adjacent to an activating group) is 1. The van der Waals surface area contributed by atoms with Gasteiger partial charge in [0.2, 0.25) is 0 Å². The Morgan fingerprint density at radius 2 is 1.93 bits per heavy atom. The standard InChI is InChI=1S/C22H26N2O4S/c1-4-13-28-16-9-7-15(8-10-16)20(25)18-19(17-6-5-14-29-17)24(12-11-23(2)3)22(27)21(18)26/h5-10,14,19,25H,4,11-13H2,1-3H3/p+1/t19-/m1/s1. The summed E-state index contributed by atoms with van der Waals surface area (Å²) in [5, 5.41) is 12.9. The summed E-state index contributed by atoms with van der Waals surface area (Å²) in [7, 11) is 4.00. The molecule has 1 amide bonds. The molecule has 2 heterocycles. The molecule has 1 aromatic carbocycles. The van der Waals surface area contributed by atoms with Gasteiger partial charge in [0.25, 0.3) is 11.7 Å². The number of likely N-dealkylation sites (tertiary alicyclic amines) is 1. The molecule has 2 N–H and O–H groups in total. The van der Waals surface area contributed by atoms with Crippen molar-refractivity contribution in [2.45, 2.75) is 19.4 Å². The van der Waals surface area contributed by atoms with Crippen molar-refractivity contribution < 1.29 is 24.3 Å². The average molecular weight is 416 g/mol. The summed E-state index contributed by atoms with van der Waals surface area (Å²) in [6.45, 7) is 3.79. The Bertz CT molecular complexity index is 888. The molecule has 0 aliphatic carbocycles. The summed E-state index contributed by atoms with van der Waals surface area (Å²) in [5.41, 5.74) is 0.639. The molecule has 2 aromatic rings. The Hall–Kier alpha value is -2.64. The molecule has 0 radical (unpaired) electrons. The number of thiophene rings is 1. The number of aliphatic hydroxyl groups excluding tert-OH is 1. The van der Waals surface area contributed by atoms with E-state index in [0.717, 1.165) is 11.3 Å². The van der Waals surface area contributed by atoms with E-state index in [1.807, 2.05) is 38.5 Å². The predicted molar refractivity (Wildman–Crippen MR) is 113 cm³/mol. The lowest BCUT2D eigenvalue weighted by Gasteiger charge is -2.24. The van der Waals surface area contributed by atoms with E-state index in [4.69, 9.17) is 4.74 Å². The third-order valence-corrected chi connectivity index (χ3v) is 5.73. The first kappa shape index (κ1) is 21.1. The molecule has 0 bridgehead atoms. The SMILES string of the molecule is CCCOc1ccc(C(O)=C2C(=O)C(=O)N(CC[NH+](C)C)[C@@H]2c2cccs2)cc1. The fraction of sp³-hybridized carbons (Fsp3) is 0.364. The molecule has 1 aliphatic heterocycles. The monoisotopic (exact) mass is 415 g/mol. The minimum Gasteiger partial charge on any atom is -0.507 e. The van der Waals surface area contributed by atoms with Gasteiger partial charge in [-0.2, -0.15) is 0 Å². The number of rotatable bonds is 8. The van der Waals surface area contributed by atoms with Gasteiger partial charge in [0.15, 0.2) is 0 Å². The number of Topliss-reactive ketones (excluding diaryl/α,β-unsaturated/α-hetero) is 1. The van der Waals surface area contributed by atoms with Crippen molar-refractivity contribution in [2.24, 2.45) is 0 Å². The summed E-state index contributed by atoms with van der Waals surface area (Å²) in [5.74, 6) is -0.647. The predicted octanol–water partition coefficient (Wildman–Crippen LogP) is 2.10. The minimum atomic E-state index is -0.638. The van der Waals surface area contributed by atoms with Gasteiger partial charge in [0, 0.05) is 10.4 Å². The average Bonchev–Trinajstić information content (AvgIpc) is 3.32. The molecule has 1 saturated heterocycles. The van der Waals surface area contributed by atoms with Gasteiger partial charge in [0.1, 0.15) is 11.5 Å². The maximum atomic E-state index is 12.9. The third-order valence-electron chi connectivity index (χ3n) is 4.81. The van der Waals surface area contributed by atoms with Gasteiger partial charge in [-0.3, -0.25) is 9.59 Å². The smallest absolute Gasteiger partial charge is 0.295 e. The van der Waals surface area contributed by atoms with Gasteiger partial charge in [0.05, 0.1) is 45.4 Å². The molecule has 6 nitrogen and oxygen atoms in total. The van der Waals surface area contributed by atoms with Crippen molar-refractivity contribution in [3.05, 3.63) is 57.8 Å². The van der Waals surface area contributed by atoms with Gasteiger partial charge in [-0.15, -0.1) is 11.3 Å². The molecule has 29 heavy (non-hydrogen) atoms. The van der Waals surface area contributed by atoms with Crippen LogP contribution in [0, 0.1) is 0 Å². The number of hydrogen-bond donors (Lipinski definition) is 2. The van der Waals surface area contributed by atoms with Crippen LogP contribution in [0.4, 0.5) is 0 Å². The van der Waals surface area contributed by atoms with E-state index in [9.17, 15) is 14.7 Å². The normalized spacial score (nSPS) is 18.6. The molecule has 154 valence electrons. The first-order valence-electron chi connectivity index (χ1n) is 9.78. The molecule has 0 spiro atoms. The maximum absolute atomic E-state index is 12.9. The second-order valence-corrected chi connectivity index (χ2v) is 8.32. The molecule has 7 heteroatoms. The van der Waals surface area contributed by atoms with Gasteiger partial charge in [-0.25, -0.2) is 0 Å². The van der Waals surface area contributed by atoms with Gasteiger partial charge >= 0.3 is 0 Å². The molecule has 1 aliphatic rings. The van der Waals surface area contributed by atoms with Crippen LogP contribution in [0.2, 0.25) is 0 Å². The van der Waals surface area contributed by atoms with Crippen LogP contribution in [0.25, 0.3) is 5.76 Å². The maximum Gasteiger partial charge on any atom is 0.295 e. The first-order chi connectivity index (χ1) is 13.9. The third kappa shape index (κ3) is 4.52. The van der Waals surface area contributed by atoms with Crippen LogP contribution in [0.5, 0.6) is 5.75 Å². The molecule has 1 aromatic heterocycles. The highest BCUT2D eigenvalue weighted by molar-refractivity contribution is 7.10. The fourth-order valence-electron chi connectivity index (χ4n) is 3.28. The zero-order valence-electron chi connectivity index (χ0n) is 17.0. The van der Waals surface area contributed by atoms with Crippen molar-refractivity contribution in [3.8, 4) is 5.75 Å². The highest BCUT2D eigenvalue weighted by atomic mass is 32.1. The molecule has 1 atom stereocenters. The van der Waals surface area contributed by atoms with Crippen LogP contribution in [0.15, 0.2) is 47.4 Å². The summed E-state index contributed by atoms with van der Waals surface area (Å²) in [6.07, 6.45) is 0.903. The van der Waals surface area contributed by atoms with E-state index in [1.165, 1.54) is 16.2 Å². The summed E-state index contributed by atoms with van der Waals surface area (Å²) in [4.78, 5) is 29.2. The lowest BCUT2D eigenvalue weighted by molar-refractivity contribution is -0.857. The second kappa shape index (κ2) is 9.24. The zero-order valence-corrected chi connectivity index (χ0v) is 17.8. The Labute approximate surface area is 175 Å². The minimum absolute atomic E-state index is 0.147. The molecular weight excluding hydrogens is 388 g/mol. The summed E-state index contributed by atoms with van der Waals surface area (Å²) < 4.78 is 5.58. The van der Waals surface area contributed by atoms with E-state index in [-0.39, 0.29) is 11.3 Å². The van der Waals surface area contributed by atoms with E-state index in [2.05, 4.69) is 0 Å². The number of nitrogens with one attached hydrogen (secondary N) is 1. The van der Waals surface area contributed by atoms with E-state index in [1.54, 1.807) is 29.2 Å². The van der Waals surface area contributed by atoms with Crippen molar-refractivity contribution in [2.75, 3.05) is 33.8 Å². The van der Waals surface area contributed by atoms with Gasteiger partial charge in [-0.05, 0) is 42.1 Å². The lowest BCUT2D eigenvalue weighted by atomic mass is 10.00. The van der Waals surface area contributed by atoms with Crippen molar-refractivity contribution in [1.82, 2.24) is 4.90 Å². The van der Waals surface area contributed by atoms with E-state index < -0.39 is 17.7 Å².